The largest absolute Gasteiger partial charge is 0.494 e. The Balaban J connectivity index is 1.69. The Bertz CT molecular complexity index is 915. The topological polar surface area (TPSA) is 47.6 Å². The van der Waals surface area contributed by atoms with Crippen LogP contribution in [0.2, 0.25) is 0 Å². The monoisotopic (exact) mass is 377 g/mol. The maximum Gasteiger partial charge on any atom is 0.261 e. The van der Waals surface area contributed by atoms with Gasteiger partial charge in [0.05, 0.1) is 12.6 Å². The molecule has 0 fully saturated rings. The zero-order valence-corrected chi connectivity index (χ0v) is 16.6. The molecule has 0 aliphatic rings. The van der Waals surface area contributed by atoms with Crippen molar-refractivity contribution in [1.82, 2.24) is 5.32 Å². The molecule has 0 saturated carbocycles. The number of fused-ring (bicyclic) bond motifs is 1. The van der Waals surface area contributed by atoms with E-state index in [2.05, 4.69) is 5.32 Å². The van der Waals surface area contributed by atoms with Gasteiger partial charge in [0.15, 0.2) is 6.10 Å². The standard InChI is InChI=1S/C24H27NO3/c1-4-22(28-23-12-8-10-19-9-6-7-11-21(19)23)24(26)25-17(3)18-13-15-20(16-14-18)27-5-2/h6-17,22H,4-5H2,1-3H3,(H,25,26)/t17-,22+/m0/s1. The lowest BCUT2D eigenvalue weighted by molar-refractivity contribution is -0.128. The summed E-state index contributed by atoms with van der Waals surface area (Å²) in [5, 5.41) is 5.17. The third-order valence-corrected chi connectivity index (χ3v) is 4.73. The molecule has 146 valence electrons. The molecule has 0 unspecified atom stereocenters. The summed E-state index contributed by atoms with van der Waals surface area (Å²) in [6.07, 6.45) is 0.0429. The van der Waals surface area contributed by atoms with Gasteiger partial charge in [-0.25, -0.2) is 0 Å². The molecule has 0 aromatic heterocycles. The summed E-state index contributed by atoms with van der Waals surface area (Å²) in [6, 6.07) is 21.6. The van der Waals surface area contributed by atoms with E-state index in [1.807, 2.05) is 87.5 Å². The molecule has 0 radical (unpaired) electrons. The fourth-order valence-electron chi connectivity index (χ4n) is 3.18. The maximum absolute atomic E-state index is 12.8. The number of nitrogens with one attached hydrogen (secondary N) is 1. The second-order valence-electron chi connectivity index (χ2n) is 6.72. The molecule has 0 aliphatic carbocycles. The summed E-state index contributed by atoms with van der Waals surface area (Å²) in [5.74, 6) is 1.45. The zero-order valence-electron chi connectivity index (χ0n) is 16.6. The van der Waals surface area contributed by atoms with Crippen molar-refractivity contribution < 1.29 is 14.3 Å². The third kappa shape index (κ3) is 4.63. The van der Waals surface area contributed by atoms with Crippen molar-refractivity contribution >= 4 is 16.7 Å². The van der Waals surface area contributed by atoms with Gasteiger partial charge >= 0.3 is 0 Å². The number of benzene rings is 3. The van der Waals surface area contributed by atoms with Crippen LogP contribution in [0.25, 0.3) is 10.8 Å². The van der Waals surface area contributed by atoms with Gasteiger partial charge in [0.1, 0.15) is 11.5 Å². The Morgan fingerprint density at radius 1 is 0.964 bits per heavy atom. The van der Waals surface area contributed by atoms with Crippen LogP contribution >= 0.6 is 0 Å². The number of rotatable bonds is 8. The number of amides is 1. The lowest BCUT2D eigenvalue weighted by atomic mass is 10.1. The van der Waals surface area contributed by atoms with Crippen LogP contribution < -0.4 is 14.8 Å². The molecule has 2 atom stereocenters. The minimum atomic E-state index is -0.545. The smallest absolute Gasteiger partial charge is 0.261 e. The second kappa shape index (κ2) is 9.27. The highest BCUT2D eigenvalue weighted by molar-refractivity contribution is 5.89. The Hall–Kier alpha value is -3.01. The molecule has 4 heteroatoms. The minimum absolute atomic E-state index is 0.114. The molecule has 0 saturated heterocycles. The molecule has 3 aromatic carbocycles. The summed E-state index contributed by atoms with van der Waals surface area (Å²) in [7, 11) is 0. The van der Waals surface area contributed by atoms with Crippen LogP contribution in [0, 0.1) is 0 Å². The van der Waals surface area contributed by atoms with Crippen LogP contribution in [0.3, 0.4) is 0 Å². The van der Waals surface area contributed by atoms with Crippen molar-refractivity contribution in [2.24, 2.45) is 0 Å². The minimum Gasteiger partial charge on any atom is -0.494 e. The van der Waals surface area contributed by atoms with Gasteiger partial charge in [-0.15, -0.1) is 0 Å². The summed E-state index contributed by atoms with van der Waals surface area (Å²) in [4.78, 5) is 12.8. The second-order valence-corrected chi connectivity index (χ2v) is 6.72. The van der Waals surface area contributed by atoms with E-state index in [9.17, 15) is 4.79 Å². The summed E-state index contributed by atoms with van der Waals surface area (Å²) in [6.45, 7) is 6.52. The van der Waals surface area contributed by atoms with E-state index in [-0.39, 0.29) is 11.9 Å². The molecule has 0 aliphatic heterocycles. The first-order valence-corrected chi connectivity index (χ1v) is 9.80. The van der Waals surface area contributed by atoms with Crippen molar-refractivity contribution in [3.63, 3.8) is 0 Å². The quantitative estimate of drug-likeness (QED) is 0.581. The van der Waals surface area contributed by atoms with Crippen LogP contribution in [0.5, 0.6) is 11.5 Å². The van der Waals surface area contributed by atoms with Gasteiger partial charge in [0, 0.05) is 5.39 Å². The average molecular weight is 377 g/mol. The number of carbonyl (C=O) groups is 1. The van der Waals surface area contributed by atoms with Gasteiger partial charge in [0.25, 0.3) is 5.91 Å². The first-order chi connectivity index (χ1) is 13.6. The molecule has 3 rings (SSSR count). The Kier molecular flexibility index (Phi) is 6.53. The van der Waals surface area contributed by atoms with Crippen molar-refractivity contribution in [3.8, 4) is 11.5 Å². The molecule has 0 heterocycles. The van der Waals surface area contributed by atoms with Crippen LogP contribution in [-0.2, 0) is 4.79 Å². The van der Waals surface area contributed by atoms with Crippen molar-refractivity contribution in [2.75, 3.05) is 6.61 Å². The van der Waals surface area contributed by atoms with Gasteiger partial charge in [0.2, 0.25) is 0 Å². The predicted molar refractivity (Wildman–Crippen MR) is 113 cm³/mol. The molecule has 0 spiro atoms. The highest BCUT2D eigenvalue weighted by Crippen LogP contribution is 2.27. The summed E-state index contributed by atoms with van der Waals surface area (Å²) >= 11 is 0. The van der Waals surface area contributed by atoms with Crippen molar-refractivity contribution in [2.45, 2.75) is 39.3 Å². The van der Waals surface area contributed by atoms with E-state index in [1.165, 1.54) is 0 Å². The number of carbonyl (C=O) groups excluding carboxylic acids is 1. The van der Waals surface area contributed by atoms with Gasteiger partial charge < -0.3 is 14.8 Å². The van der Waals surface area contributed by atoms with E-state index in [0.717, 1.165) is 27.8 Å². The van der Waals surface area contributed by atoms with Crippen LogP contribution in [0.1, 0.15) is 38.8 Å². The van der Waals surface area contributed by atoms with Gasteiger partial charge in [-0.05, 0) is 49.4 Å². The molecule has 1 N–H and O–H groups in total. The van der Waals surface area contributed by atoms with Crippen LogP contribution in [0.4, 0.5) is 0 Å². The van der Waals surface area contributed by atoms with Crippen molar-refractivity contribution in [1.29, 1.82) is 0 Å². The SMILES string of the molecule is CCOc1ccc([C@H](C)NC(=O)[C@@H](CC)Oc2cccc3ccccc23)cc1. The third-order valence-electron chi connectivity index (χ3n) is 4.73. The van der Waals surface area contributed by atoms with E-state index in [0.29, 0.717) is 13.0 Å². The predicted octanol–water partition coefficient (Wildman–Crippen LogP) is 5.27. The molecular formula is C24H27NO3. The highest BCUT2D eigenvalue weighted by atomic mass is 16.5. The van der Waals surface area contributed by atoms with E-state index in [1.54, 1.807) is 0 Å². The van der Waals surface area contributed by atoms with Crippen LogP contribution in [-0.4, -0.2) is 18.6 Å². The Morgan fingerprint density at radius 3 is 2.39 bits per heavy atom. The Morgan fingerprint density at radius 2 is 1.68 bits per heavy atom. The highest BCUT2D eigenvalue weighted by Gasteiger charge is 2.21. The zero-order chi connectivity index (χ0) is 19.9. The Labute approximate surface area is 166 Å². The average Bonchev–Trinajstić information content (AvgIpc) is 2.72. The molecule has 1 amide bonds. The van der Waals surface area contributed by atoms with Crippen LogP contribution in [0.15, 0.2) is 66.7 Å². The summed E-state index contributed by atoms with van der Waals surface area (Å²) < 4.78 is 11.6. The summed E-state index contributed by atoms with van der Waals surface area (Å²) in [5.41, 5.74) is 1.02. The normalized spacial score (nSPS) is 13.0. The fraction of sp³-hybridized carbons (Fsp3) is 0.292. The van der Waals surface area contributed by atoms with Gasteiger partial charge in [-0.3, -0.25) is 4.79 Å². The number of ether oxygens (including phenoxy) is 2. The number of hydrogen-bond acceptors (Lipinski definition) is 3. The molecule has 28 heavy (non-hydrogen) atoms. The lowest BCUT2D eigenvalue weighted by Crippen LogP contribution is -2.39. The van der Waals surface area contributed by atoms with Gasteiger partial charge in [-0.2, -0.15) is 0 Å². The van der Waals surface area contributed by atoms with E-state index >= 15 is 0 Å². The first kappa shape index (κ1) is 19.7. The molecule has 4 nitrogen and oxygen atoms in total. The van der Waals surface area contributed by atoms with E-state index < -0.39 is 6.10 Å². The van der Waals surface area contributed by atoms with E-state index in [4.69, 9.17) is 9.47 Å². The fourth-order valence-corrected chi connectivity index (χ4v) is 3.18. The van der Waals surface area contributed by atoms with Crippen molar-refractivity contribution in [3.05, 3.63) is 72.3 Å². The molecule has 3 aromatic rings. The maximum atomic E-state index is 12.8. The first-order valence-electron chi connectivity index (χ1n) is 9.80. The molecule has 0 bridgehead atoms. The lowest BCUT2D eigenvalue weighted by Gasteiger charge is -2.21. The van der Waals surface area contributed by atoms with Gasteiger partial charge in [-0.1, -0.05) is 55.5 Å². The number of hydrogen-bond donors (Lipinski definition) is 1. The molecular weight excluding hydrogens is 350 g/mol.